The number of aromatic nitrogens is 2. The van der Waals surface area contributed by atoms with E-state index in [0.29, 0.717) is 54.2 Å². The minimum atomic E-state index is -0.574. The number of carbonyl (C=O) groups is 1. The third kappa shape index (κ3) is 5.58. The van der Waals surface area contributed by atoms with Crippen LogP contribution >= 0.6 is 11.6 Å². The molecule has 1 aromatic carbocycles. The number of nitrogen functional groups attached to an aromatic ring is 1. The van der Waals surface area contributed by atoms with E-state index in [1.54, 1.807) is 11.0 Å². The Balaban J connectivity index is 1.49. The summed E-state index contributed by atoms with van der Waals surface area (Å²) in [6, 6.07) is 13.9. The molecule has 0 atom stereocenters. The summed E-state index contributed by atoms with van der Waals surface area (Å²) in [5.74, 6) is 0.911. The monoisotopic (exact) mass is 496 g/mol. The van der Waals surface area contributed by atoms with Gasteiger partial charge in [-0.15, -0.1) is 0 Å². The van der Waals surface area contributed by atoms with Gasteiger partial charge in [-0.2, -0.15) is 0 Å². The lowest BCUT2D eigenvalue weighted by Gasteiger charge is -2.33. The second-order valence-corrected chi connectivity index (χ2v) is 8.45. The first-order valence-electron chi connectivity index (χ1n) is 11.0. The van der Waals surface area contributed by atoms with E-state index in [1.807, 2.05) is 42.3 Å². The van der Waals surface area contributed by atoms with Gasteiger partial charge >= 0.3 is 5.69 Å². The van der Waals surface area contributed by atoms with Gasteiger partial charge in [-0.25, -0.2) is 9.97 Å². The number of benzene rings is 1. The van der Waals surface area contributed by atoms with E-state index in [-0.39, 0.29) is 17.4 Å². The molecule has 35 heavy (non-hydrogen) atoms. The number of likely N-dealkylation sites (N-methyl/N-ethyl adjacent to an activating group) is 1. The number of amides is 1. The molecule has 182 valence electrons. The molecule has 3 heterocycles. The van der Waals surface area contributed by atoms with Crippen molar-refractivity contribution in [3.63, 3.8) is 0 Å². The molecule has 11 nitrogen and oxygen atoms in total. The Morgan fingerprint density at radius 3 is 2.40 bits per heavy atom. The molecular formula is C23H25ClN8O3. The van der Waals surface area contributed by atoms with Gasteiger partial charge in [0.25, 0.3) is 0 Å². The maximum Gasteiger partial charge on any atom is 0.311 e. The zero-order chi connectivity index (χ0) is 24.9. The van der Waals surface area contributed by atoms with Crippen molar-refractivity contribution in [2.45, 2.75) is 0 Å². The smallest absolute Gasteiger partial charge is 0.311 e. The zero-order valence-electron chi connectivity index (χ0n) is 19.1. The van der Waals surface area contributed by atoms with Crippen molar-refractivity contribution in [2.75, 3.05) is 61.0 Å². The number of nitrogens with one attached hydrogen (secondary N) is 2. The largest absolute Gasteiger partial charge is 0.378 e. The molecule has 0 aliphatic carbocycles. The van der Waals surface area contributed by atoms with E-state index < -0.39 is 4.92 Å². The number of piperazine rings is 1. The topological polar surface area (TPSA) is 143 Å². The molecule has 4 N–H and O–H groups in total. The summed E-state index contributed by atoms with van der Waals surface area (Å²) >= 11 is 6.48. The number of rotatable bonds is 8. The Bertz CT molecular complexity index is 1260. The first-order chi connectivity index (χ1) is 16.8. The standard InChI is InChI=1S/C23H25ClN8O3/c1-30-12-13-31(21(33)14-30)17-6-8-19(28-22(17)15-4-2-3-5-16(15)24)26-10-11-27-20-9-7-18(32(34)35)23(25)29-20/h2-9H,10-14H2,1H3,(H,26,28)(H3,25,27,29). The molecule has 3 aromatic rings. The summed E-state index contributed by atoms with van der Waals surface area (Å²) in [5.41, 5.74) is 7.48. The summed E-state index contributed by atoms with van der Waals surface area (Å²) in [6.45, 7) is 2.62. The van der Waals surface area contributed by atoms with Gasteiger partial charge in [0.05, 0.1) is 27.9 Å². The molecule has 1 fully saturated rings. The lowest BCUT2D eigenvalue weighted by atomic mass is 10.1. The molecule has 4 rings (SSSR count). The maximum atomic E-state index is 12.7. The Morgan fingerprint density at radius 1 is 1.06 bits per heavy atom. The summed E-state index contributed by atoms with van der Waals surface area (Å²) in [5, 5.41) is 17.7. The number of nitrogens with zero attached hydrogens (tertiary/aromatic N) is 5. The molecule has 0 bridgehead atoms. The van der Waals surface area contributed by atoms with Crippen LogP contribution in [-0.2, 0) is 4.79 Å². The first kappa shape index (κ1) is 24.2. The van der Waals surface area contributed by atoms with Gasteiger partial charge in [-0.05, 0) is 31.3 Å². The number of pyridine rings is 2. The fourth-order valence-corrected chi connectivity index (χ4v) is 3.99. The SMILES string of the molecule is CN1CCN(c2ccc(NCCNc3ccc([N+](=O)[O-])c(N)n3)nc2-c2ccccc2Cl)C(=O)C1. The van der Waals surface area contributed by atoms with Gasteiger partial charge in [0.2, 0.25) is 11.7 Å². The lowest BCUT2D eigenvalue weighted by molar-refractivity contribution is -0.384. The summed E-state index contributed by atoms with van der Waals surface area (Å²) in [4.78, 5) is 35.6. The van der Waals surface area contributed by atoms with E-state index in [0.717, 1.165) is 12.1 Å². The van der Waals surface area contributed by atoms with Crippen LogP contribution in [0.5, 0.6) is 0 Å². The Kier molecular flexibility index (Phi) is 7.28. The Hall–Kier alpha value is -3.96. The second-order valence-electron chi connectivity index (χ2n) is 8.04. The van der Waals surface area contributed by atoms with Crippen molar-refractivity contribution in [3.05, 3.63) is 63.7 Å². The highest BCUT2D eigenvalue weighted by Gasteiger charge is 2.26. The predicted molar refractivity (Wildman–Crippen MR) is 137 cm³/mol. The molecule has 0 radical (unpaired) electrons. The highest BCUT2D eigenvalue weighted by Crippen LogP contribution is 2.35. The van der Waals surface area contributed by atoms with Crippen molar-refractivity contribution < 1.29 is 9.72 Å². The van der Waals surface area contributed by atoms with Crippen LogP contribution in [0.2, 0.25) is 5.02 Å². The average molecular weight is 497 g/mol. The van der Waals surface area contributed by atoms with Crippen molar-refractivity contribution >= 4 is 46.3 Å². The minimum absolute atomic E-state index is 0.00799. The van der Waals surface area contributed by atoms with Gasteiger partial charge in [0.15, 0.2) is 0 Å². The van der Waals surface area contributed by atoms with Crippen LogP contribution < -0.4 is 21.3 Å². The molecule has 12 heteroatoms. The number of carbonyl (C=O) groups excluding carboxylic acids is 1. The normalized spacial score (nSPS) is 14.1. The van der Waals surface area contributed by atoms with Gasteiger partial charge in [-0.1, -0.05) is 29.8 Å². The molecule has 2 aromatic heterocycles. The van der Waals surface area contributed by atoms with Gasteiger partial charge in [-0.3, -0.25) is 19.8 Å². The van der Waals surface area contributed by atoms with E-state index in [9.17, 15) is 14.9 Å². The van der Waals surface area contributed by atoms with E-state index >= 15 is 0 Å². The van der Waals surface area contributed by atoms with Crippen LogP contribution in [0.15, 0.2) is 48.5 Å². The van der Waals surface area contributed by atoms with E-state index in [4.69, 9.17) is 22.3 Å². The highest BCUT2D eigenvalue weighted by atomic mass is 35.5. The number of halogens is 1. The van der Waals surface area contributed by atoms with Crippen LogP contribution in [-0.4, -0.2) is 65.5 Å². The fourth-order valence-electron chi connectivity index (χ4n) is 3.77. The number of hydrogen-bond acceptors (Lipinski definition) is 9. The third-order valence-electron chi connectivity index (χ3n) is 5.54. The molecule has 0 spiro atoms. The molecule has 0 unspecified atom stereocenters. The average Bonchev–Trinajstić information content (AvgIpc) is 2.82. The highest BCUT2D eigenvalue weighted by molar-refractivity contribution is 6.33. The fraction of sp³-hybridized carbons (Fsp3) is 0.261. The van der Waals surface area contributed by atoms with Crippen LogP contribution in [0.1, 0.15) is 0 Å². The van der Waals surface area contributed by atoms with Crippen LogP contribution in [0.3, 0.4) is 0 Å². The summed E-state index contributed by atoms with van der Waals surface area (Å²) in [6.07, 6.45) is 0. The van der Waals surface area contributed by atoms with Gasteiger partial charge in [0.1, 0.15) is 11.6 Å². The predicted octanol–water partition coefficient (Wildman–Crippen LogP) is 3.09. The van der Waals surface area contributed by atoms with Crippen LogP contribution in [0.25, 0.3) is 11.3 Å². The number of nitrogens with two attached hydrogens (primary N) is 1. The molecule has 0 saturated carbocycles. The molecule has 1 aliphatic heterocycles. The molecular weight excluding hydrogens is 472 g/mol. The maximum absolute atomic E-state index is 12.7. The molecule has 1 aliphatic rings. The van der Waals surface area contributed by atoms with Crippen molar-refractivity contribution in [3.8, 4) is 11.3 Å². The molecule has 1 saturated heterocycles. The number of hydrogen-bond donors (Lipinski definition) is 3. The van der Waals surface area contributed by atoms with Crippen LogP contribution in [0.4, 0.5) is 28.8 Å². The van der Waals surface area contributed by atoms with E-state index in [1.165, 1.54) is 12.1 Å². The zero-order valence-corrected chi connectivity index (χ0v) is 19.8. The second kappa shape index (κ2) is 10.5. The van der Waals surface area contributed by atoms with Crippen molar-refractivity contribution in [1.29, 1.82) is 0 Å². The third-order valence-corrected chi connectivity index (χ3v) is 5.87. The lowest BCUT2D eigenvalue weighted by Crippen LogP contribution is -2.49. The van der Waals surface area contributed by atoms with Crippen molar-refractivity contribution in [1.82, 2.24) is 14.9 Å². The van der Waals surface area contributed by atoms with Gasteiger partial charge < -0.3 is 21.3 Å². The summed E-state index contributed by atoms with van der Waals surface area (Å²) in [7, 11) is 1.92. The van der Waals surface area contributed by atoms with Gasteiger partial charge in [0, 0.05) is 37.8 Å². The van der Waals surface area contributed by atoms with Crippen molar-refractivity contribution in [2.24, 2.45) is 0 Å². The minimum Gasteiger partial charge on any atom is -0.378 e. The number of nitro groups is 1. The Morgan fingerprint density at radius 2 is 1.74 bits per heavy atom. The van der Waals surface area contributed by atoms with E-state index in [2.05, 4.69) is 15.6 Å². The number of anilines is 4. The quantitative estimate of drug-likeness (QED) is 0.243. The molecule has 1 amide bonds. The van der Waals surface area contributed by atoms with Crippen LogP contribution in [0, 0.1) is 10.1 Å². The summed E-state index contributed by atoms with van der Waals surface area (Å²) < 4.78 is 0. The first-order valence-corrected chi connectivity index (χ1v) is 11.3. The Labute approximate surface area is 207 Å².